The number of pyridine rings is 1. The Morgan fingerprint density at radius 1 is 1.13 bits per heavy atom. The third-order valence-corrected chi connectivity index (χ3v) is 6.96. The van der Waals surface area contributed by atoms with Crippen molar-refractivity contribution < 1.29 is 13.2 Å². The van der Waals surface area contributed by atoms with Crippen LogP contribution in [0.15, 0.2) is 35.4 Å². The predicted molar refractivity (Wildman–Crippen MR) is 123 cm³/mol. The number of rotatable bonds is 5. The van der Waals surface area contributed by atoms with Crippen LogP contribution in [0.4, 0.5) is 5.13 Å². The van der Waals surface area contributed by atoms with Crippen molar-refractivity contribution in [2.45, 2.75) is 44.6 Å². The SMILES string of the molecule is CC(C)c1cc(C(=O)Nc2nc3ccc(S(C)(=O)=O)cc3s2)c2cnn(C(C)C)c2n1. The van der Waals surface area contributed by atoms with Crippen LogP contribution < -0.4 is 5.32 Å². The monoisotopic (exact) mass is 457 g/mol. The highest BCUT2D eigenvalue weighted by Crippen LogP contribution is 2.30. The average Bonchev–Trinajstić information content (AvgIpc) is 3.28. The van der Waals surface area contributed by atoms with Crippen LogP contribution in [0, 0.1) is 0 Å². The largest absolute Gasteiger partial charge is 0.298 e. The second kappa shape index (κ2) is 7.69. The summed E-state index contributed by atoms with van der Waals surface area (Å²) < 4.78 is 26.1. The number of amides is 1. The van der Waals surface area contributed by atoms with Crippen molar-refractivity contribution in [3.63, 3.8) is 0 Å². The predicted octanol–water partition coefficient (Wildman–Crippen LogP) is 4.40. The van der Waals surface area contributed by atoms with Crippen molar-refractivity contribution in [1.29, 1.82) is 0 Å². The fourth-order valence-electron chi connectivity index (χ4n) is 3.25. The second-order valence-corrected chi connectivity index (χ2v) is 11.1. The van der Waals surface area contributed by atoms with Crippen molar-refractivity contribution in [2.75, 3.05) is 11.6 Å². The molecule has 4 rings (SSSR count). The van der Waals surface area contributed by atoms with E-state index in [4.69, 9.17) is 4.98 Å². The number of benzene rings is 1. The Kier molecular flexibility index (Phi) is 5.30. The topological polar surface area (TPSA) is 107 Å². The van der Waals surface area contributed by atoms with Gasteiger partial charge in [-0.25, -0.2) is 23.1 Å². The lowest BCUT2D eigenvalue weighted by molar-refractivity contribution is 0.102. The van der Waals surface area contributed by atoms with E-state index >= 15 is 0 Å². The molecule has 4 aromatic rings. The molecule has 1 amide bonds. The minimum atomic E-state index is -3.32. The van der Waals surface area contributed by atoms with E-state index in [1.807, 2.05) is 32.4 Å². The van der Waals surface area contributed by atoms with E-state index in [1.54, 1.807) is 24.4 Å². The van der Waals surface area contributed by atoms with E-state index in [0.717, 1.165) is 11.9 Å². The van der Waals surface area contributed by atoms with Crippen LogP contribution in [0.1, 0.15) is 55.7 Å². The third kappa shape index (κ3) is 4.05. The first-order chi connectivity index (χ1) is 14.5. The summed E-state index contributed by atoms with van der Waals surface area (Å²) in [6.07, 6.45) is 2.83. The molecule has 0 unspecified atom stereocenters. The van der Waals surface area contributed by atoms with Crippen LogP contribution in [0.2, 0.25) is 0 Å². The van der Waals surface area contributed by atoms with Crippen LogP contribution in [-0.4, -0.2) is 40.3 Å². The summed E-state index contributed by atoms with van der Waals surface area (Å²) in [6, 6.07) is 6.64. The molecule has 10 heteroatoms. The van der Waals surface area contributed by atoms with Gasteiger partial charge in [-0.05, 0) is 44.0 Å². The Hall–Kier alpha value is -2.85. The average molecular weight is 458 g/mol. The summed E-state index contributed by atoms with van der Waals surface area (Å²) in [4.78, 5) is 22.6. The molecule has 162 valence electrons. The zero-order chi connectivity index (χ0) is 22.5. The fraction of sp³-hybridized carbons (Fsp3) is 0.333. The normalized spacial score (nSPS) is 12.4. The Morgan fingerprint density at radius 3 is 2.52 bits per heavy atom. The standard InChI is InChI=1S/C21H23N5O3S2/c1-11(2)17-9-14(15-10-22-26(12(3)4)19(15)23-17)20(27)25-21-24-16-7-6-13(31(5,28)29)8-18(16)30-21/h6-12H,1-5H3,(H,24,25,27). The Bertz CT molecular complexity index is 1420. The lowest BCUT2D eigenvalue weighted by atomic mass is 10.0. The van der Waals surface area contributed by atoms with Gasteiger partial charge in [-0.15, -0.1) is 0 Å². The number of carbonyl (C=O) groups is 1. The van der Waals surface area contributed by atoms with Gasteiger partial charge in [-0.1, -0.05) is 25.2 Å². The van der Waals surface area contributed by atoms with Crippen molar-refractivity contribution >= 4 is 53.5 Å². The Balaban J connectivity index is 1.74. The van der Waals surface area contributed by atoms with Gasteiger partial charge in [0.15, 0.2) is 20.6 Å². The fourth-order valence-corrected chi connectivity index (χ4v) is 4.87. The van der Waals surface area contributed by atoms with Crippen LogP contribution in [0.5, 0.6) is 0 Å². The van der Waals surface area contributed by atoms with Gasteiger partial charge < -0.3 is 0 Å². The summed E-state index contributed by atoms with van der Waals surface area (Å²) in [5, 5.41) is 8.35. The highest BCUT2D eigenvalue weighted by molar-refractivity contribution is 7.90. The number of hydrogen-bond donors (Lipinski definition) is 1. The van der Waals surface area contributed by atoms with Crippen LogP contribution >= 0.6 is 11.3 Å². The summed E-state index contributed by atoms with van der Waals surface area (Å²) in [5.74, 6) is -0.164. The Morgan fingerprint density at radius 2 is 1.87 bits per heavy atom. The van der Waals surface area contributed by atoms with Crippen LogP contribution in [0.25, 0.3) is 21.3 Å². The van der Waals surface area contributed by atoms with Crippen LogP contribution in [-0.2, 0) is 9.84 Å². The molecule has 0 radical (unpaired) electrons. The zero-order valence-corrected chi connectivity index (χ0v) is 19.5. The summed E-state index contributed by atoms with van der Waals surface area (Å²) in [7, 11) is -3.32. The van der Waals surface area contributed by atoms with Gasteiger partial charge in [0.1, 0.15) is 0 Å². The molecule has 0 aliphatic carbocycles. The third-order valence-electron chi connectivity index (χ3n) is 4.92. The smallest absolute Gasteiger partial charge is 0.258 e. The van der Waals surface area contributed by atoms with Gasteiger partial charge in [0.05, 0.1) is 32.3 Å². The summed E-state index contributed by atoms with van der Waals surface area (Å²) in [5.41, 5.74) is 2.59. The minimum Gasteiger partial charge on any atom is -0.298 e. The van der Waals surface area contributed by atoms with E-state index in [2.05, 4.69) is 15.4 Å². The van der Waals surface area contributed by atoms with Crippen molar-refractivity contribution in [1.82, 2.24) is 19.7 Å². The summed E-state index contributed by atoms with van der Waals surface area (Å²) >= 11 is 1.23. The number of sulfone groups is 1. The van der Waals surface area contributed by atoms with Gasteiger partial charge in [0, 0.05) is 18.0 Å². The van der Waals surface area contributed by atoms with E-state index in [9.17, 15) is 13.2 Å². The number of nitrogens with one attached hydrogen (secondary N) is 1. The molecule has 0 saturated heterocycles. The highest BCUT2D eigenvalue weighted by Gasteiger charge is 2.20. The number of fused-ring (bicyclic) bond motifs is 2. The van der Waals surface area contributed by atoms with Gasteiger partial charge in [-0.2, -0.15) is 5.10 Å². The molecule has 3 aromatic heterocycles. The molecule has 0 atom stereocenters. The lowest BCUT2D eigenvalue weighted by Gasteiger charge is -2.11. The molecular weight excluding hydrogens is 434 g/mol. The van der Waals surface area contributed by atoms with Crippen molar-refractivity contribution in [3.05, 3.63) is 41.7 Å². The maximum absolute atomic E-state index is 13.2. The molecule has 3 heterocycles. The number of thiazole rings is 1. The highest BCUT2D eigenvalue weighted by atomic mass is 32.2. The lowest BCUT2D eigenvalue weighted by Crippen LogP contribution is -2.14. The summed E-state index contributed by atoms with van der Waals surface area (Å²) in [6.45, 7) is 8.08. The molecule has 1 N–H and O–H groups in total. The van der Waals surface area contributed by atoms with Gasteiger partial charge in [-0.3, -0.25) is 10.1 Å². The first-order valence-electron chi connectivity index (χ1n) is 9.84. The molecule has 0 spiro atoms. The molecule has 0 aliphatic heterocycles. The first-order valence-corrected chi connectivity index (χ1v) is 12.6. The first kappa shape index (κ1) is 21.4. The molecule has 8 nitrogen and oxygen atoms in total. The maximum atomic E-state index is 13.2. The van der Waals surface area contributed by atoms with E-state index in [-0.39, 0.29) is 22.8 Å². The van der Waals surface area contributed by atoms with Gasteiger partial charge in [0.2, 0.25) is 0 Å². The Labute approximate surface area is 184 Å². The number of carbonyl (C=O) groups excluding carboxylic acids is 1. The van der Waals surface area contributed by atoms with E-state index < -0.39 is 9.84 Å². The number of anilines is 1. The quantitative estimate of drug-likeness (QED) is 0.476. The molecule has 1 aromatic carbocycles. The van der Waals surface area contributed by atoms with Crippen LogP contribution in [0.3, 0.4) is 0 Å². The van der Waals surface area contributed by atoms with Crippen molar-refractivity contribution in [3.8, 4) is 0 Å². The minimum absolute atomic E-state index is 0.108. The molecule has 0 bridgehead atoms. The van der Waals surface area contributed by atoms with Gasteiger partial charge in [0.25, 0.3) is 5.91 Å². The number of nitrogens with zero attached hydrogens (tertiary/aromatic N) is 4. The van der Waals surface area contributed by atoms with Gasteiger partial charge >= 0.3 is 0 Å². The molecule has 0 fully saturated rings. The molecular formula is C21H23N5O3S2. The van der Waals surface area contributed by atoms with Crippen molar-refractivity contribution in [2.24, 2.45) is 0 Å². The van der Waals surface area contributed by atoms with E-state index in [1.165, 1.54) is 17.4 Å². The zero-order valence-electron chi connectivity index (χ0n) is 17.9. The molecule has 0 saturated carbocycles. The number of aromatic nitrogens is 4. The molecule has 31 heavy (non-hydrogen) atoms. The number of hydrogen-bond acceptors (Lipinski definition) is 7. The maximum Gasteiger partial charge on any atom is 0.258 e. The van der Waals surface area contributed by atoms with E-state index in [0.29, 0.717) is 31.9 Å². The second-order valence-electron chi connectivity index (χ2n) is 8.04. The molecule has 0 aliphatic rings.